The van der Waals surface area contributed by atoms with E-state index in [0.717, 1.165) is 17.3 Å². The third kappa shape index (κ3) is 4.40. The normalized spacial score (nSPS) is 31.1. The molecule has 1 aromatic heterocycles. The number of benzene rings is 1. The average Bonchev–Trinajstić information content (AvgIpc) is 2.77. The maximum absolute atomic E-state index is 12.1. The minimum Gasteiger partial charge on any atom is -0.464 e. The first kappa shape index (κ1) is 21.7. The highest BCUT2D eigenvalue weighted by atomic mass is 79.9. The summed E-state index contributed by atoms with van der Waals surface area (Å²) in [5, 5.41) is 10.8. The molecule has 10 heteroatoms. The predicted octanol–water partition coefficient (Wildman–Crippen LogP) is 2.25. The van der Waals surface area contributed by atoms with Gasteiger partial charge in [0.1, 0.15) is 23.7 Å². The highest BCUT2D eigenvalue weighted by molar-refractivity contribution is 9.10. The van der Waals surface area contributed by atoms with Crippen LogP contribution in [-0.2, 0) is 18.9 Å². The van der Waals surface area contributed by atoms with Crippen molar-refractivity contribution in [1.29, 1.82) is 0 Å². The zero-order chi connectivity index (χ0) is 21.3. The van der Waals surface area contributed by atoms with E-state index in [1.807, 2.05) is 30.3 Å². The summed E-state index contributed by atoms with van der Waals surface area (Å²) in [6.45, 7) is 0.266. The van der Waals surface area contributed by atoms with E-state index in [1.165, 1.54) is 13.3 Å². The number of ether oxygens (including phenoxy) is 4. The topological polar surface area (TPSA) is 113 Å². The summed E-state index contributed by atoms with van der Waals surface area (Å²) >= 11 is 4.50. The van der Waals surface area contributed by atoms with Crippen LogP contribution in [0.15, 0.2) is 52.0 Å². The number of fused-ring (bicyclic) bond motifs is 1. The lowest BCUT2D eigenvalue weighted by molar-refractivity contribution is -0.297. The predicted molar refractivity (Wildman–Crippen MR) is 112 cm³/mol. The summed E-state index contributed by atoms with van der Waals surface area (Å²) in [4.78, 5) is 16.7. The lowest BCUT2D eigenvalue weighted by Gasteiger charge is -2.47. The standard InChI is InChI=1S/C20H21BrN2O6S/c1-26-18(25)15-13(7-11(21)8-23-15)30-20-16(24)14(22)17-12(28-20)9-27-19(29-17)10-5-3-2-4-6-10/h2-8,12,14,16-17,19-20,24H,9,22H2,1H3. The van der Waals surface area contributed by atoms with Crippen molar-refractivity contribution < 1.29 is 28.8 Å². The molecule has 2 aliphatic heterocycles. The van der Waals surface area contributed by atoms with Gasteiger partial charge in [0.25, 0.3) is 0 Å². The third-order valence-electron chi connectivity index (χ3n) is 4.93. The summed E-state index contributed by atoms with van der Waals surface area (Å²) in [7, 11) is 1.28. The summed E-state index contributed by atoms with van der Waals surface area (Å²) in [5.74, 6) is -0.576. The number of aromatic nitrogens is 1. The molecule has 3 heterocycles. The van der Waals surface area contributed by atoms with E-state index in [1.54, 1.807) is 6.07 Å². The number of esters is 1. The number of nitrogens with zero attached hydrogens (tertiary/aromatic N) is 1. The summed E-state index contributed by atoms with van der Waals surface area (Å²) in [6, 6.07) is 10.5. The van der Waals surface area contributed by atoms with Gasteiger partial charge in [0.2, 0.25) is 0 Å². The number of aliphatic hydroxyl groups is 1. The molecule has 3 N–H and O–H groups in total. The molecule has 6 atom stereocenters. The molecular formula is C20H21BrN2O6S. The van der Waals surface area contributed by atoms with E-state index in [4.69, 9.17) is 24.7 Å². The van der Waals surface area contributed by atoms with Gasteiger partial charge in [0.05, 0.1) is 19.8 Å². The number of halogens is 1. The van der Waals surface area contributed by atoms with Crippen molar-refractivity contribution in [2.75, 3.05) is 13.7 Å². The van der Waals surface area contributed by atoms with Crippen LogP contribution in [-0.4, -0.2) is 59.6 Å². The minimum atomic E-state index is -1.03. The van der Waals surface area contributed by atoms with Gasteiger partial charge >= 0.3 is 5.97 Å². The molecule has 2 aromatic rings. The van der Waals surface area contributed by atoms with Crippen LogP contribution in [0.1, 0.15) is 22.3 Å². The summed E-state index contributed by atoms with van der Waals surface area (Å²) in [6.07, 6.45) is -1.09. The van der Waals surface area contributed by atoms with E-state index in [2.05, 4.69) is 20.9 Å². The largest absolute Gasteiger partial charge is 0.464 e. The van der Waals surface area contributed by atoms with Gasteiger partial charge in [-0.2, -0.15) is 0 Å². The first-order valence-corrected chi connectivity index (χ1v) is 11.0. The first-order chi connectivity index (χ1) is 14.5. The Kier molecular flexibility index (Phi) is 6.73. The summed E-state index contributed by atoms with van der Waals surface area (Å²) in [5.41, 5.74) is 6.60. The number of methoxy groups -OCH3 is 1. The number of hydrogen-bond acceptors (Lipinski definition) is 9. The molecule has 4 rings (SSSR count). The van der Waals surface area contributed by atoms with Crippen molar-refractivity contribution in [3.8, 4) is 0 Å². The average molecular weight is 497 g/mol. The van der Waals surface area contributed by atoms with Crippen molar-refractivity contribution in [3.63, 3.8) is 0 Å². The Hall–Kier alpha value is -1.53. The van der Waals surface area contributed by atoms with E-state index < -0.39 is 42.0 Å². The Labute approximate surface area is 186 Å². The number of carbonyl (C=O) groups excluding carboxylic acids is 1. The smallest absolute Gasteiger partial charge is 0.357 e. The van der Waals surface area contributed by atoms with Crippen LogP contribution < -0.4 is 5.73 Å². The van der Waals surface area contributed by atoms with Crippen LogP contribution in [0.2, 0.25) is 0 Å². The fraction of sp³-hybridized carbons (Fsp3) is 0.400. The number of nitrogens with two attached hydrogens (primary N) is 1. The quantitative estimate of drug-likeness (QED) is 0.615. The van der Waals surface area contributed by atoms with E-state index >= 15 is 0 Å². The molecular weight excluding hydrogens is 476 g/mol. The molecule has 1 aromatic carbocycles. The van der Waals surface area contributed by atoms with E-state index in [9.17, 15) is 9.90 Å². The van der Waals surface area contributed by atoms with Gasteiger partial charge < -0.3 is 29.8 Å². The van der Waals surface area contributed by atoms with Crippen LogP contribution in [0.5, 0.6) is 0 Å². The van der Waals surface area contributed by atoms with E-state index in [0.29, 0.717) is 9.37 Å². The third-order valence-corrected chi connectivity index (χ3v) is 6.55. The molecule has 0 saturated carbocycles. The second-order valence-corrected chi connectivity index (χ2v) is 8.95. The molecule has 0 amide bonds. The molecule has 2 fully saturated rings. The molecule has 30 heavy (non-hydrogen) atoms. The van der Waals surface area contributed by atoms with Crippen LogP contribution in [0.4, 0.5) is 0 Å². The number of aliphatic hydroxyl groups excluding tert-OH is 1. The monoisotopic (exact) mass is 496 g/mol. The molecule has 2 aliphatic rings. The number of carbonyl (C=O) groups is 1. The van der Waals surface area contributed by atoms with Crippen molar-refractivity contribution in [3.05, 3.63) is 58.3 Å². The lowest BCUT2D eigenvalue weighted by atomic mass is 9.97. The highest BCUT2D eigenvalue weighted by Crippen LogP contribution is 2.39. The molecule has 2 saturated heterocycles. The maximum atomic E-state index is 12.1. The SMILES string of the molecule is COC(=O)c1ncc(Br)cc1SC1OC2COC(c3ccccc3)OC2C(N)C1O. The van der Waals surface area contributed by atoms with Crippen LogP contribution in [0.25, 0.3) is 0 Å². The maximum Gasteiger partial charge on any atom is 0.357 e. The molecule has 6 unspecified atom stereocenters. The van der Waals surface area contributed by atoms with Gasteiger partial charge in [0, 0.05) is 21.1 Å². The van der Waals surface area contributed by atoms with Gasteiger partial charge in [-0.25, -0.2) is 9.78 Å². The molecule has 0 radical (unpaired) electrons. The van der Waals surface area contributed by atoms with Crippen molar-refractivity contribution in [2.24, 2.45) is 5.73 Å². The fourth-order valence-electron chi connectivity index (χ4n) is 3.40. The zero-order valence-electron chi connectivity index (χ0n) is 16.0. The number of hydrogen-bond donors (Lipinski definition) is 2. The molecule has 8 nitrogen and oxygen atoms in total. The van der Waals surface area contributed by atoms with Gasteiger partial charge in [-0.05, 0) is 22.0 Å². The van der Waals surface area contributed by atoms with Gasteiger partial charge in [0.15, 0.2) is 12.0 Å². The van der Waals surface area contributed by atoms with Crippen LogP contribution in [0.3, 0.4) is 0 Å². The molecule has 0 aliphatic carbocycles. The van der Waals surface area contributed by atoms with E-state index in [-0.39, 0.29) is 12.3 Å². The van der Waals surface area contributed by atoms with Crippen molar-refractivity contribution in [2.45, 2.75) is 41.0 Å². The highest BCUT2D eigenvalue weighted by Gasteiger charge is 2.48. The van der Waals surface area contributed by atoms with Gasteiger partial charge in [-0.1, -0.05) is 42.1 Å². The second kappa shape index (κ2) is 9.31. The Morgan fingerprint density at radius 1 is 1.33 bits per heavy atom. The first-order valence-electron chi connectivity index (χ1n) is 9.29. The molecule has 0 spiro atoms. The molecule has 160 valence electrons. The van der Waals surface area contributed by atoms with Crippen LogP contribution in [0, 0.1) is 0 Å². The Balaban J connectivity index is 1.51. The Morgan fingerprint density at radius 3 is 2.83 bits per heavy atom. The number of pyridine rings is 1. The summed E-state index contributed by atoms with van der Waals surface area (Å²) < 4.78 is 23.4. The molecule has 0 bridgehead atoms. The second-order valence-electron chi connectivity index (χ2n) is 6.90. The zero-order valence-corrected chi connectivity index (χ0v) is 18.4. The Morgan fingerprint density at radius 2 is 2.10 bits per heavy atom. The number of thioether (sulfide) groups is 1. The van der Waals surface area contributed by atoms with Gasteiger partial charge in [-0.15, -0.1) is 0 Å². The van der Waals surface area contributed by atoms with Crippen LogP contribution >= 0.6 is 27.7 Å². The number of rotatable bonds is 4. The van der Waals surface area contributed by atoms with Gasteiger partial charge in [-0.3, -0.25) is 0 Å². The Bertz CT molecular complexity index is 902. The van der Waals surface area contributed by atoms with Crippen molar-refractivity contribution in [1.82, 2.24) is 4.98 Å². The minimum absolute atomic E-state index is 0.137. The fourth-order valence-corrected chi connectivity index (χ4v) is 5.09. The lowest BCUT2D eigenvalue weighted by Crippen LogP contribution is -2.64. The van der Waals surface area contributed by atoms with Crippen molar-refractivity contribution >= 4 is 33.7 Å².